The van der Waals surface area contributed by atoms with Crippen molar-refractivity contribution in [3.05, 3.63) is 24.0 Å². The van der Waals surface area contributed by atoms with E-state index in [1.165, 1.54) is 0 Å². The fourth-order valence-corrected chi connectivity index (χ4v) is 1.82. The largest absolute Gasteiger partial charge is 0.478 e. The second kappa shape index (κ2) is 4.14. The minimum absolute atomic E-state index is 0.590. The Hall–Kier alpha value is -2.37. The highest BCUT2D eigenvalue weighted by atomic mass is 16.5. The predicted molar refractivity (Wildman–Crippen MR) is 67.4 cm³/mol. The normalized spacial score (nSPS) is 11.0. The van der Waals surface area contributed by atoms with Gasteiger partial charge in [-0.1, -0.05) is 0 Å². The summed E-state index contributed by atoms with van der Waals surface area (Å²) in [7, 11) is 0. The Morgan fingerprint density at radius 1 is 1.28 bits per heavy atom. The molecule has 0 aliphatic heterocycles. The van der Waals surface area contributed by atoms with Gasteiger partial charge in [-0.15, -0.1) is 0 Å². The first-order valence-corrected chi connectivity index (χ1v) is 5.78. The van der Waals surface area contributed by atoms with E-state index in [1.807, 2.05) is 26.0 Å². The van der Waals surface area contributed by atoms with E-state index >= 15 is 0 Å². The number of pyridine rings is 1. The first kappa shape index (κ1) is 10.8. The molecular formula is C12H13N5O. The topological polar surface area (TPSA) is 79.5 Å². The zero-order valence-electron chi connectivity index (χ0n) is 10.2. The van der Waals surface area contributed by atoms with Gasteiger partial charge < -0.3 is 9.72 Å². The van der Waals surface area contributed by atoms with Crippen molar-refractivity contribution in [3.63, 3.8) is 0 Å². The van der Waals surface area contributed by atoms with Gasteiger partial charge in [-0.05, 0) is 19.9 Å². The van der Waals surface area contributed by atoms with Crippen molar-refractivity contribution in [2.75, 3.05) is 6.61 Å². The molecule has 3 heterocycles. The molecule has 92 valence electrons. The van der Waals surface area contributed by atoms with Crippen LogP contribution in [-0.4, -0.2) is 31.8 Å². The minimum Gasteiger partial charge on any atom is -0.478 e. The smallest absolute Gasteiger partial charge is 0.215 e. The molecule has 3 aromatic heterocycles. The number of ether oxygens (including phenoxy) is 1. The van der Waals surface area contributed by atoms with E-state index in [1.54, 1.807) is 6.20 Å². The third-order valence-corrected chi connectivity index (χ3v) is 2.70. The molecular weight excluding hydrogens is 230 g/mol. The summed E-state index contributed by atoms with van der Waals surface area (Å²) in [6.07, 6.45) is 1.75. The van der Waals surface area contributed by atoms with Gasteiger partial charge in [0.1, 0.15) is 5.82 Å². The standard InChI is InChI=1S/C12H13N5O/c1-3-18-10-5-4-9-12(15-10)16-11(14-9)8-6-13-17-7(8)2/h4-6H,3H2,1-2H3,(H,13,17)(H,14,15,16). The Morgan fingerprint density at radius 2 is 2.17 bits per heavy atom. The van der Waals surface area contributed by atoms with Crippen molar-refractivity contribution in [1.82, 2.24) is 25.1 Å². The number of imidazole rings is 1. The van der Waals surface area contributed by atoms with E-state index in [2.05, 4.69) is 25.1 Å². The molecule has 0 spiro atoms. The summed E-state index contributed by atoms with van der Waals surface area (Å²) in [6.45, 7) is 4.47. The van der Waals surface area contributed by atoms with E-state index < -0.39 is 0 Å². The van der Waals surface area contributed by atoms with Crippen LogP contribution < -0.4 is 4.74 Å². The molecule has 0 aromatic carbocycles. The maximum absolute atomic E-state index is 5.35. The quantitative estimate of drug-likeness (QED) is 0.737. The Labute approximate surface area is 103 Å². The summed E-state index contributed by atoms with van der Waals surface area (Å²) in [6, 6.07) is 3.75. The third-order valence-electron chi connectivity index (χ3n) is 2.70. The van der Waals surface area contributed by atoms with E-state index in [0.717, 1.165) is 22.6 Å². The third kappa shape index (κ3) is 1.71. The van der Waals surface area contributed by atoms with Crippen LogP contribution in [0.5, 0.6) is 5.88 Å². The molecule has 0 amide bonds. The number of aryl methyl sites for hydroxylation is 1. The molecule has 3 rings (SSSR count). The molecule has 0 saturated carbocycles. The number of aromatic amines is 2. The van der Waals surface area contributed by atoms with Gasteiger partial charge in [0.15, 0.2) is 5.65 Å². The molecule has 0 radical (unpaired) electrons. The number of H-pyrrole nitrogens is 2. The lowest BCUT2D eigenvalue weighted by Gasteiger charge is -1.99. The Balaban J connectivity index is 2.08. The van der Waals surface area contributed by atoms with Gasteiger partial charge in [0, 0.05) is 11.8 Å². The Bertz CT molecular complexity index is 685. The molecule has 0 atom stereocenters. The summed E-state index contributed by atoms with van der Waals surface area (Å²) in [5, 5.41) is 6.87. The summed E-state index contributed by atoms with van der Waals surface area (Å²) >= 11 is 0. The lowest BCUT2D eigenvalue weighted by Crippen LogP contribution is -1.93. The van der Waals surface area contributed by atoms with Crippen LogP contribution in [0, 0.1) is 6.92 Å². The Morgan fingerprint density at radius 3 is 2.89 bits per heavy atom. The number of nitrogens with one attached hydrogen (secondary N) is 2. The minimum atomic E-state index is 0.590. The van der Waals surface area contributed by atoms with Crippen LogP contribution in [0.1, 0.15) is 12.6 Å². The van der Waals surface area contributed by atoms with Crippen molar-refractivity contribution in [1.29, 1.82) is 0 Å². The van der Waals surface area contributed by atoms with E-state index in [0.29, 0.717) is 18.1 Å². The van der Waals surface area contributed by atoms with Crippen molar-refractivity contribution in [3.8, 4) is 17.3 Å². The SMILES string of the molecule is CCOc1ccc2[nH]c(-c3cn[nH]c3C)nc2n1. The van der Waals surface area contributed by atoms with Gasteiger partial charge in [0.25, 0.3) is 0 Å². The van der Waals surface area contributed by atoms with Crippen molar-refractivity contribution >= 4 is 11.2 Å². The number of hydrogen-bond acceptors (Lipinski definition) is 4. The molecule has 0 saturated heterocycles. The predicted octanol–water partition coefficient (Wildman–Crippen LogP) is 2.06. The maximum Gasteiger partial charge on any atom is 0.215 e. The molecule has 0 aliphatic carbocycles. The second-order valence-corrected chi connectivity index (χ2v) is 3.95. The van der Waals surface area contributed by atoms with E-state index in [-0.39, 0.29) is 0 Å². The Kier molecular flexibility index (Phi) is 2.47. The van der Waals surface area contributed by atoms with Crippen molar-refractivity contribution < 1.29 is 4.74 Å². The monoisotopic (exact) mass is 243 g/mol. The highest BCUT2D eigenvalue weighted by Crippen LogP contribution is 2.22. The summed E-state index contributed by atoms with van der Waals surface area (Å²) < 4.78 is 5.35. The van der Waals surface area contributed by atoms with Gasteiger partial charge in [-0.3, -0.25) is 5.10 Å². The number of fused-ring (bicyclic) bond motifs is 1. The molecule has 0 fully saturated rings. The average Bonchev–Trinajstić information content (AvgIpc) is 2.94. The zero-order chi connectivity index (χ0) is 12.5. The molecule has 2 N–H and O–H groups in total. The lowest BCUT2D eigenvalue weighted by molar-refractivity contribution is 0.328. The molecule has 0 bridgehead atoms. The summed E-state index contributed by atoms with van der Waals surface area (Å²) in [4.78, 5) is 12.0. The summed E-state index contributed by atoms with van der Waals surface area (Å²) in [5.41, 5.74) is 3.45. The first-order chi connectivity index (χ1) is 8.78. The number of nitrogens with zero attached hydrogens (tertiary/aromatic N) is 3. The molecule has 0 aliphatic rings. The number of rotatable bonds is 3. The van der Waals surface area contributed by atoms with Crippen LogP contribution in [-0.2, 0) is 0 Å². The summed E-state index contributed by atoms with van der Waals surface area (Å²) in [5.74, 6) is 1.35. The van der Waals surface area contributed by atoms with Gasteiger partial charge in [-0.25, -0.2) is 4.98 Å². The van der Waals surface area contributed by atoms with E-state index in [9.17, 15) is 0 Å². The fraction of sp³-hybridized carbons (Fsp3) is 0.250. The lowest BCUT2D eigenvalue weighted by atomic mass is 10.2. The highest BCUT2D eigenvalue weighted by Gasteiger charge is 2.10. The maximum atomic E-state index is 5.35. The molecule has 6 heteroatoms. The van der Waals surface area contributed by atoms with Gasteiger partial charge >= 0.3 is 0 Å². The first-order valence-electron chi connectivity index (χ1n) is 5.78. The fourth-order valence-electron chi connectivity index (χ4n) is 1.82. The highest BCUT2D eigenvalue weighted by molar-refractivity contribution is 5.76. The molecule has 6 nitrogen and oxygen atoms in total. The molecule has 0 unspecified atom stereocenters. The van der Waals surface area contributed by atoms with Crippen LogP contribution in [0.3, 0.4) is 0 Å². The number of aromatic nitrogens is 5. The van der Waals surface area contributed by atoms with Crippen LogP contribution in [0.2, 0.25) is 0 Å². The van der Waals surface area contributed by atoms with Gasteiger partial charge in [0.2, 0.25) is 5.88 Å². The zero-order valence-corrected chi connectivity index (χ0v) is 10.2. The van der Waals surface area contributed by atoms with Crippen LogP contribution >= 0.6 is 0 Å². The second-order valence-electron chi connectivity index (χ2n) is 3.95. The van der Waals surface area contributed by atoms with Crippen LogP contribution in [0.4, 0.5) is 0 Å². The van der Waals surface area contributed by atoms with E-state index in [4.69, 9.17) is 4.74 Å². The van der Waals surface area contributed by atoms with Gasteiger partial charge in [-0.2, -0.15) is 10.1 Å². The van der Waals surface area contributed by atoms with Crippen molar-refractivity contribution in [2.24, 2.45) is 0 Å². The molecule has 18 heavy (non-hydrogen) atoms. The van der Waals surface area contributed by atoms with Crippen LogP contribution in [0.15, 0.2) is 18.3 Å². The van der Waals surface area contributed by atoms with Crippen molar-refractivity contribution in [2.45, 2.75) is 13.8 Å². The molecule has 3 aromatic rings. The average molecular weight is 243 g/mol. The van der Waals surface area contributed by atoms with Gasteiger partial charge in [0.05, 0.1) is 23.9 Å². The number of hydrogen-bond donors (Lipinski definition) is 2. The van der Waals surface area contributed by atoms with Crippen LogP contribution in [0.25, 0.3) is 22.6 Å².